The van der Waals surface area contributed by atoms with E-state index in [0.717, 1.165) is 43.7 Å². The highest BCUT2D eigenvalue weighted by Gasteiger charge is 2.27. The van der Waals surface area contributed by atoms with Gasteiger partial charge in [0.05, 0.1) is 44.3 Å². The maximum Gasteiger partial charge on any atom is 0.236 e. The lowest BCUT2D eigenvalue weighted by atomic mass is 9.99. The van der Waals surface area contributed by atoms with Crippen LogP contribution in [0.3, 0.4) is 0 Å². The summed E-state index contributed by atoms with van der Waals surface area (Å²) >= 11 is 1.74. The van der Waals surface area contributed by atoms with Crippen molar-refractivity contribution in [3.63, 3.8) is 0 Å². The summed E-state index contributed by atoms with van der Waals surface area (Å²) in [6, 6.07) is 68.4. The van der Waals surface area contributed by atoms with Crippen LogP contribution in [0.4, 0.5) is 0 Å². The highest BCUT2D eigenvalue weighted by atomic mass is 32.1. The van der Waals surface area contributed by atoms with Gasteiger partial charge in [0, 0.05) is 69.8 Å². The Hall–Kier alpha value is -8.06. The second-order valence-electron chi connectivity index (χ2n) is 16.5. The van der Waals surface area contributed by atoms with Gasteiger partial charge < -0.3 is 8.97 Å². The van der Waals surface area contributed by atoms with Gasteiger partial charge in [-0.2, -0.15) is 0 Å². The molecule has 0 atom stereocenters. The zero-order valence-electron chi connectivity index (χ0n) is 33.0. The van der Waals surface area contributed by atoms with E-state index in [2.05, 4.69) is 202 Å². The van der Waals surface area contributed by atoms with Gasteiger partial charge in [-0.3, -0.25) is 4.57 Å². The second-order valence-corrected chi connectivity index (χ2v) is 17.5. The first-order valence-electron chi connectivity index (χ1n) is 21.1. The predicted molar refractivity (Wildman–Crippen MR) is 261 cm³/mol. The van der Waals surface area contributed by atoms with Gasteiger partial charge in [0.25, 0.3) is 0 Å². The van der Waals surface area contributed by atoms with Gasteiger partial charge in [-0.05, 0) is 71.4 Å². The average Bonchev–Trinajstić information content (AvgIpc) is 4.13. The van der Waals surface area contributed by atoms with Gasteiger partial charge in [-0.1, -0.05) is 127 Å². The molecule has 0 bridgehead atoms. The Labute approximate surface area is 356 Å². The Bertz CT molecular complexity index is 4390. The third-order valence-corrected chi connectivity index (χ3v) is 14.4. The number of hydrogen-bond acceptors (Lipinski definition) is 3. The summed E-state index contributed by atoms with van der Waals surface area (Å²) in [6.07, 6.45) is 0. The Morgan fingerprint density at radius 2 is 1.02 bits per heavy atom. The van der Waals surface area contributed by atoms with Crippen molar-refractivity contribution in [3.8, 4) is 22.9 Å². The van der Waals surface area contributed by atoms with Crippen molar-refractivity contribution in [2.75, 3.05) is 0 Å². The van der Waals surface area contributed by atoms with E-state index in [4.69, 9.17) is 9.97 Å². The first kappa shape index (κ1) is 32.8. The molecule has 0 spiro atoms. The van der Waals surface area contributed by atoms with Crippen LogP contribution >= 0.6 is 11.3 Å². The van der Waals surface area contributed by atoms with Gasteiger partial charge in [-0.15, -0.1) is 11.3 Å². The van der Waals surface area contributed by atoms with E-state index in [1.807, 2.05) is 0 Å². The van der Waals surface area contributed by atoms with Crippen LogP contribution in [0.15, 0.2) is 188 Å². The minimum atomic E-state index is 0.669. The van der Waals surface area contributed by atoms with Crippen LogP contribution in [-0.4, -0.2) is 23.5 Å². The van der Waals surface area contributed by atoms with Gasteiger partial charge in [-0.25, -0.2) is 9.97 Å². The van der Waals surface area contributed by atoms with E-state index in [9.17, 15) is 0 Å². The van der Waals surface area contributed by atoms with E-state index in [1.54, 1.807) is 11.3 Å². The molecule has 6 aromatic heterocycles. The molecular formula is C56H31N5S. The van der Waals surface area contributed by atoms with Crippen molar-refractivity contribution in [2.24, 2.45) is 0 Å². The van der Waals surface area contributed by atoms with E-state index < -0.39 is 0 Å². The fraction of sp³-hybridized carbons (Fsp3) is 0. The quantitative estimate of drug-likeness (QED) is 0.178. The van der Waals surface area contributed by atoms with Crippen LogP contribution in [0.2, 0.25) is 0 Å². The molecule has 0 radical (unpaired) electrons. The average molecular weight is 806 g/mol. The molecule has 0 unspecified atom stereocenters. The molecule has 6 heteroatoms. The number of nitrogens with zero attached hydrogens (tertiary/aromatic N) is 5. The Kier molecular flexibility index (Phi) is 6.24. The first-order valence-corrected chi connectivity index (χ1v) is 21.9. The zero-order valence-corrected chi connectivity index (χ0v) is 33.9. The third-order valence-electron chi connectivity index (χ3n) is 13.4. The standard InChI is InChI=1S/C56H31N5S/c1-2-15-34(16-3-1)59-42-22-10-6-18-36(42)40-30-33(27-28-45(40)59)53-51-39-21-9-13-25-48(39)62-55(51)58-56(57-53)61-46-29-26-32-14-4-5-17-35(32)49(46)52-47(61)31-41-37-19-7-11-23-43(37)60-44-24-12-8-20-38(44)50(52)54(41)60/h1-31H. The van der Waals surface area contributed by atoms with Crippen molar-refractivity contribution in [3.05, 3.63) is 188 Å². The smallest absolute Gasteiger partial charge is 0.236 e. The van der Waals surface area contributed by atoms with Crippen molar-refractivity contribution in [2.45, 2.75) is 0 Å². The summed E-state index contributed by atoms with van der Waals surface area (Å²) in [5, 5.41) is 14.6. The molecule has 0 aliphatic carbocycles. The fourth-order valence-corrected chi connectivity index (χ4v) is 12.0. The molecule has 62 heavy (non-hydrogen) atoms. The Balaban J connectivity index is 1.11. The molecule has 5 nitrogen and oxygen atoms in total. The van der Waals surface area contributed by atoms with Gasteiger partial charge >= 0.3 is 0 Å². The highest BCUT2D eigenvalue weighted by Crippen LogP contribution is 2.49. The Morgan fingerprint density at radius 1 is 0.371 bits per heavy atom. The largest absolute Gasteiger partial charge is 0.309 e. The number of hydrogen-bond donors (Lipinski definition) is 0. The van der Waals surface area contributed by atoms with Gasteiger partial charge in [0.15, 0.2) is 0 Å². The lowest BCUT2D eigenvalue weighted by molar-refractivity contribution is 1.02. The first-order chi connectivity index (χ1) is 30.8. The molecule has 0 fully saturated rings. The lowest BCUT2D eigenvalue weighted by Crippen LogP contribution is -2.02. The Morgan fingerprint density at radius 3 is 1.85 bits per heavy atom. The molecule has 6 heterocycles. The number of rotatable bonds is 3. The van der Waals surface area contributed by atoms with E-state index in [-0.39, 0.29) is 0 Å². The normalized spacial score (nSPS) is 12.5. The molecule has 0 saturated carbocycles. The van der Waals surface area contributed by atoms with Crippen LogP contribution < -0.4 is 0 Å². The van der Waals surface area contributed by atoms with Crippen LogP contribution in [-0.2, 0) is 0 Å². The number of fused-ring (bicyclic) bond motifs is 18. The minimum absolute atomic E-state index is 0.669. The predicted octanol–water partition coefficient (Wildman–Crippen LogP) is 15.0. The van der Waals surface area contributed by atoms with Crippen LogP contribution in [0.5, 0.6) is 0 Å². The molecule has 15 aromatic rings. The monoisotopic (exact) mass is 805 g/mol. The zero-order chi connectivity index (χ0) is 40.2. The van der Waals surface area contributed by atoms with Crippen LogP contribution in [0.25, 0.3) is 136 Å². The molecule has 0 aliphatic heterocycles. The summed E-state index contributed by atoms with van der Waals surface area (Å²) in [7, 11) is 0. The molecule has 15 rings (SSSR count). The summed E-state index contributed by atoms with van der Waals surface area (Å²) in [6.45, 7) is 0. The number of para-hydroxylation sites is 4. The molecule has 0 N–H and O–H groups in total. The molecule has 286 valence electrons. The minimum Gasteiger partial charge on any atom is -0.309 e. The summed E-state index contributed by atoms with van der Waals surface area (Å²) in [4.78, 5) is 12.3. The van der Waals surface area contributed by atoms with Crippen molar-refractivity contribution in [1.82, 2.24) is 23.5 Å². The highest BCUT2D eigenvalue weighted by molar-refractivity contribution is 7.25. The van der Waals surface area contributed by atoms with Crippen LogP contribution in [0.1, 0.15) is 0 Å². The number of benzene rings is 9. The maximum absolute atomic E-state index is 5.76. The van der Waals surface area contributed by atoms with Gasteiger partial charge in [0.2, 0.25) is 5.95 Å². The summed E-state index contributed by atoms with van der Waals surface area (Å²) < 4.78 is 8.40. The van der Waals surface area contributed by atoms with Crippen molar-refractivity contribution >= 4 is 124 Å². The van der Waals surface area contributed by atoms with E-state index >= 15 is 0 Å². The number of aromatic nitrogens is 5. The van der Waals surface area contributed by atoms with Crippen LogP contribution in [0, 0.1) is 0 Å². The molecule has 0 amide bonds. The molecule has 0 aliphatic rings. The fourth-order valence-electron chi connectivity index (χ4n) is 10.9. The van der Waals surface area contributed by atoms with Gasteiger partial charge in [0.1, 0.15) is 4.83 Å². The van der Waals surface area contributed by atoms with E-state index in [1.165, 1.54) is 86.0 Å². The van der Waals surface area contributed by atoms with Crippen molar-refractivity contribution < 1.29 is 0 Å². The molecular weight excluding hydrogens is 775 g/mol. The number of thiophene rings is 1. The SMILES string of the molecule is c1ccc(-n2c3ccccc3c3cc(-c4nc(-n5c6ccc7ccccc7c6c6c7c8ccccc8n8c9ccccc9c(cc65)c78)nc5sc6ccccc6c45)ccc32)cc1. The maximum atomic E-state index is 5.76. The molecule has 9 aromatic carbocycles. The third kappa shape index (κ3) is 4.12. The van der Waals surface area contributed by atoms with Crippen molar-refractivity contribution in [1.29, 1.82) is 0 Å². The topological polar surface area (TPSA) is 40.0 Å². The summed E-state index contributed by atoms with van der Waals surface area (Å²) in [5.41, 5.74) is 11.4. The molecule has 0 saturated heterocycles. The second kappa shape index (κ2) is 11.8. The summed E-state index contributed by atoms with van der Waals surface area (Å²) in [5.74, 6) is 0.669. The lowest BCUT2D eigenvalue weighted by Gasteiger charge is -2.11. The van der Waals surface area contributed by atoms with E-state index in [0.29, 0.717) is 5.95 Å².